The molecule has 3 aromatic rings. The lowest BCUT2D eigenvalue weighted by Gasteiger charge is -2.26. The molecule has 1 aliphatic carbocycles. The Morgan fingerprint density at radius 1 is 0.963 bits per heavy atom. The van der Waals surface area contributed by atoms with Gasteiger partial charge in [0.2, 0.25) is 0 Å². The van der Waals surface area contributed by atoms with Crippen LogP contribution >= 0.6 is 23.5 Å². The van der Waals surface area contributed by atoms with Crippen LogP contribution in [-0.2, 0) is 41.1 Å². The first kappa shape index (κ1) is 40.8. The third kappa shape index (κ3) is 9.22. The smallest absolute Gasteiger partial charge is 0.478 e. The van der Waals surface area contributed by atoms with Crippen molar-refractivity contribution in [2.45, 2.75) is 87.1 Å². The average Bonchev–Trinajstić information content (AvgIpc) is 3.75. The number of hydrogen-bond donors (Lipinski definition) is 8. The van der Waals surface area contributed by atoms with E-state index in [0.29, 0.717) is 5.56 Å². The summed E-state index contributed by atoms with van der Waals surface area (Å²) in [6.45, 7) is -2.14. The lowest BCUT2D eigenvalue weighted by atomic mass is 9.84. The molecule has 2 saturated heterocycles. The summed E-state index contributed by atoms with van der Waals surface area (Å²) >= 11 is 0. The third-order valence-corrected chi connectivity index (χ3v) is 12.2. The Hall–Kier alpha value is -2.86. The Morgan fingerprint density at radius 3 is 2.33 bits per heavy atom. The first-order valence-corrected chi connectivity index (χ1v) is 20.8. The van der Waals surface area contributed by atoms with Gasteiger partial charge < -0.3 is 59.7 Å². The second-order valence-corrected chi connectivity index (χ2v) is 17.0. The van der Waals surface area contributed by atoms with Crippen LogP contribution in [0.5, 0.6) is 0 Å². The van der Waals surface area contributed by atoms with Crippen LogP contribution in [0.15, 0.2) is 31.1 Å². The Balaban J connectivity index is 1.08. The van der Waals surface area contributed by atoms with Crippen LogP contribution in [0.4, 0.5) is 5.82 Å². The number of phosphoric acid groups is 3. The number of hydrogen-bond acceptors (Lipinski definition) is 18. The van der Waals surface area contributed by atoms with Gasteiger partial charge in [-0.1, -0.05) is 19.3 Å². The molecule has 3 aliphatic rings. The van der Waals surface area contributed by atoms with Gasteiger partial charge in [0.25, 0.3) is 14.1 Å². The van der Waals surface area contributed by atoms with Crippen LogP contribution in [-0.4, -0.2) is 110 Å². The summed E-state index contributed by atoms with van der Waals surface area (Å²) in [5.74, 6) is -1.26. The monoisotopic (exact) mass is 826 g/mol. The minimum atomic E-state index is -5.77. The topological polar surface area (TPSA) is 362 Å². The molecule has 10 atom stereocenters. The summed E-state index contributed by atoms with van der Waals surface area (Å²) in [4.78, 5) is 65.3. The molecule has 2 aliphatic heterocycles. The summed E-state index contributed by atoms with van der Waals surface area (Å²) in [6, 6.07) is 1.52. The standard InChI is InChI=1S/C27H37N6O18P3/c28-23-18-24(30-11-29-23)33(12-31-18)26-22(50-52(39,40)41)20(35)17(49-26)10-47-54(44,45)51-53(42,43)46-9-16-19(34)21(36)25(48-16)32-7-14(6-15(8-32)27(37)38)13-4-2-1-3-5-13/h6-8,11-13,16-17,19-22,25-26,34-36H,1-5,9-10H2,(H6-,28,29,30,37,38,39,40,41,42,43,44,45)/t16-,17-,19-,20-,21-,22-,25-,26-/m1/s1. The van der Waals surface area contributed by atoms with Crippen molar-refractivity contribution in [2.24, 2.45) is 0 Å². The van der Waals surface area contributed by atoms with E-state index in [1.54, 1.807) is 6.20 Å². The first-order valence-electron chi connectivity index (χ1n) is 16.3. The molecule has 3 fully saturated rings. The Labute approximate surface area is 304 Å². The number of ether oxygens (including phenoxy) is 2. The van der Waals surface area contributed by atoms with Crippen molar-refractivity contribution in [3.05, 3.63) is 42.2 Å². The predicted octanol–water partition coefficient (Wildman–Crippen LogP) is -0.884. The number of nitrogens with two attached hydrogens (primary N) is 1. The van der Waals surface area contributed by atoms with E-state index in [4.69, 9.17) is 24.3 Å². The number of phosphoric ester groups is 3. The van der Waals surface area contributed by atoms with Gasteiger partial charge in [-0.15, -0.1) is 0 Å². The van der Waals surface area contributed by atoms with Gasteiger partial charge in [0.15, 0.2) is 36.2 Å². The number of aromatic carboxylic acids is 1. The number of imidazole rings is 1. The van der Waals surface area contributed by atoms with Gasteiger partial charge in [-0.3, -0.25) is 18.2 Å². The molecule has 54 heavy (non-hydrogen) atoms. The van der Waals surface area contributed by atoms with Crippen molar-refractivity contribution in [2.75, 3.05) is 18.9 Å². The van der Waals surface area contributed by atoms with E-state index >= 15 is 0 Å². The van der Waals surface area contributed by atoms with Crippen molar-refractivity contribution in [3.63, 3.8) is 0 Å². The number of anilines is 1. The number of nitrogens with zero attached hydrogens (tertiary/aromatic N) is 5. The van der Waals surface area contributed by atoms with Crippen LogP contribution in [0.2, 0.25) is 0 Å². The van der Waals surface area contributed by atoms with Crippen molar-refractivity contribution in [1.82, 2.24) is 19.5 Å². The third-order valence-electron chi connectivity index (χ3n) is 9.10. The summed E-state index contributed by atoms with van der Waals surface area (Å²) in [5.41, 5.74) is 6.40. The minimum Gasteiger partial charge on any atom is -0.756 e. The van der Waals surface area contributed by atoms with Gasteiger partial charge in [0.05, 0.1) is 19.5 Å². The zero-order valence-corrected chi connectivity index (χ0v) is 30.5. The van der Waals surface area contributed by atoms with E-state index in [1.807, 2.05) is 0 Å². The minimum absolute atomic E-state index is 0.00652. The second kappa shape index (κ2) is 15.9. The molecule has 3 aromatic heterocycles. The molecule has 6 rings (SSSR count). The van der Waals surface area contributed by atoms with Crippen molar-refractivity contribution in [1.29, 1.82) is 0 Å². The second-order valence-electron chi connectivity index (χ2n) is 12.8. The predicted molar refractivity (Wildman–Crippen MR) is 172 cm³/mol. The lowest BCUT2D eigenvalue weighted by molar-refractivity contribution is -0.766. The van der Waals surface area contributed by atoms with E-state index in [2.05, 4.69) is 23.8 Å². The molecule has 0 aromatic carbocycles. The number of aliphatic hydroxyl groups is 3. The molecule has 0 bridgehead atoms. The van der Waals surface area contributed by atoms with Crippen LogP contribution in [0, 0.1) is 0 Å². The fourth-order valence-electron chi connectivity index (χ4n) is 6.57. The summed E-state index contributed by atoms with van der Waals surface area (Å²) in [7, 11) is -16.7. The van der Waals surface area contributed by atoms with Crippen LogP contribution in [0.3, 0.4) is 0 Å². The molecular formula is C27H37N6O18P3. The number of rotatable bonds is 14. The van der Waals surface area contributed by atoms with Gasteiger partial charge in [0, 0.05) is 5.56 Å². The highest BCUT2D eigenvalue weighted by atomic mass is 31.3. The maximum atomic E-state index is 12.7. The van der Waals surface area contributed by atoms with E-state index in [9.17, 15) is 58.5 Å². The quantitative estimate of drug-likeness (QED) is 0.0722. The summed E-state index contributed by atoms with van der Waals surface area (Å²) in [6.07, 6.45) is -3.99. The highest BCUT2D eigenvalue weighted by Crippen LogP contribution is 2.59. The number of nitrogen functional groups attached to an aromatic ring is 1. The molecule has 27 heteroatoms. The molecule has 24 nitrogen and oxygen atoms in total. The highest BCUT2D eigenvalue weighted by molar-refractivity contribution is 7.60. The zero-order valence-electron chi connectivity index (χ0n) is 27.8. The Morgan fingerprint density at radius 2 is 1.65 bits per heavy atom. The molecule has 1 saturated carbocycles. The Kier molecular flexibility index (Phi) is 12.0. The molecule has 2 unspecified atom stereocenters. The maximum absolute atomic E-state index is 12.7. The molecule has 298 valence electrons. The van der Waals surface area contributed by atoms with Gasteiger partial charge in [-0.05, 0) is 24.8 Å². The van der Waals surface area contributed by atoms with E-state index in [0.717, 1.165) is 49.3 Å². The highest BCUT2D eigenvalue weighted by Gasteiger charge is 2.51. The number of aliphatic hydroxyl groups excluding tert-OH is 3. The van der Waals surface area contributed by atoms with E-state index in [-0.39, 0.29) is 28.5 Å². The number of pyridine rings is 1. The molecule has 5 heterocycles. The molecule has 0 radical (unpaired) electrons. The Bertz CT molecular complexity index is 1990. The molecular weight excluding hydrogens is 789 g/mol. The van der Waals surface area contributed by atoms with Gasteiger partial charge in [0.1, 0.15) is 47.9 Å². The van der Waals surface area contributed by atoms with E-state index in [1.165, 1.54) is 16.8 Å². The van der Waals surface area contributed by atoms with Crippen LogP contribution in [0.25, 0.3) is 11.2 Å². The number of carboxylic acids is 1. The van der Waals surface area contributed by atoms with Crippen molar-refractivity contribution < 1.29 is 90.4 Å². The van der Waals surface area contributed by atoms with E-state index < -0.39 is 91.7 Å². The number of carbonyl (C=O) groups is 1. The van der Waals surface area contributed by atoms with Gasteiger partial charge in [-0.2, -0.15) is 4.57 Å². The normalized spacial score (nSPS) is 30.4. The molecule has 0 amide bonds. The fraction of sp³-hybridized carbons (Fsp3) is 0.593. The molecule has 0 spiro atoms. The maximum Gasteiger partial charge on any atom is 0.478 e. The van der Waals surface area contributed by atoms with Crippen molar-refractivity contribution in [3.8, 4) is 0 Å². The average molecular weight is 827 g/mol. The van der Waals surface area contributed by atoms with Gasteiger partial charge in [-0.25, -0.2) is 33.2 Å². The number of fused-ring (bicyclic) bond motifs is 1. The largest absolute Gasteiger partial charge is 0.756 e. The van der Waals surface area contributed by atoms with Crippen LogP contribution in [0.1, 0.15) is 66.4 Å². The van der Waals surface area contributed by atoms with Crippen molar-refractivity contribution >= 4 is 46.4 Å². The molecule has 9 N–H and O–H groups in total. The summed E-state index contributed by atoms with van der Waals surface area (Å²) in [5, 5.41) is 41.9. The number of carboxylic acid groups (broad SMARTS) is 1. The van der Waals surface area contributed by atoms with Crippen LogP contribution < -0.4 is 15.2 Å². The SMILES string of the molecule is Nc1ncnc2c1ncn2[C@@H]1O[C@H](COP(=O)(O)OP(=O)([O-])OC[C@H]2O[C@@H]([n+]3cc(C(=O)O)cc(C4CCCCC4)c3)[C@H](O)[C@@H]2O)[C@@H](O)[C@H]1OP(=O)(O)O. The zero-order chi connectivity index (χ0) is 39.2. The first-order chi connectivity index (χ1) is 25.3. The van der Waals surface area contributed by atoms with Gasteiger partial charge >= 0.3 is 21.6 Å². The fourth-order valence-corrected chi connectivity index (χ4v) is 9.17. The lowest BCUT2D eigenvalue weighted by Crippen LogP contribution is -2.47. The summed E-state index contributed by atoms with van der Waals surface area (Å²) < 4.78 is 68.9. The number of aromatic nitrogens is 5.